The van der Waals surface area contributed by atoms with Crippen molar-refractivity contribution in [2.45, 2.75) is 26.7 Å². The zero-order valence-corrected chi connectivity index (χ0v) is 15.3. The Balaban J connectivity index is 1.64. The van der Waals surface area contributed by atoms with Crippen molar-refractivity contribution in [1.82, 2.24) is 9.80 Å². The van der Waals surface area contributed by atoms with E-state index in [9.17, 15) is 14.4 Å². The second kappa shape index (κ2) is 7.76. The average molecular weight is 359 g/mol. The molecule has 7 nitrogen and oxygen atoms in total. The van der Waals surface area contributed by atoms with Gasteiger partial charge in [-0.1, -0.05) is 13.8 Å². The Morgan fingerprint density at radius 2 is 1.85 bits per heavy atom. The number of hydrogen-bond donors (Lipinski definition) is 1. The van der Waals surface area contributed by atoms with E-state index in [2.05, 4.69) is 5.32 Å². The molecule has 0 bridgehead atoms. The first-order chi connectivity index (χ1) is 12.4. The monoisotopic (exact) mass is 359 g/mol. The van der Waals surface area contributed by atoms with Crippen LogP contribution in [0.4, 0.5) is 5.69 Å². The van der Waals surface area contributed by atoms with Crippen molar-refractivity contribution in [3.63, 3.8) is 0 Å². The number of piperazine rings is 1. The third kappa shape index (κ3) is 4.15. The zero-order chi connectivity index (χ0) is 18.7. The number of nitrogens with one attached hydrogen (secondary N) is 1. The average Bonchev–Trinajstić information content (AvgIpc) is 2.80. The first kappa shape index (κ1) is 18.2. The van der Waals surface area contributed by atoms with Crippen LogP contribution in [0.5, 0.6) is 5.75 Å². The largest absolute Gasteiger partial charge is 0.491 e. The third-order valence-corrected chi connectivity index (χ3v) is 4.59. The first-order valence-corrected chi connectivity index (χ1v) is 9.08. The standard InChI is InChI=1S/C19H25N3O4/c1-13(2)11-18(24)21-6-8-22(9-7-21)19(25)14-3-4-16-15(12-14)20-17(23)5-10-26-16/h3-4,12-13H,5-11H2,1-2H3,(H,20,23). The molecule has 1 aromatic rings. The molecule has 7 heteroatoms. The zero-order valence-electron chi connectivity index (χ0n) is 15.3. The van der Waals surface area contributed by atoms with Gasteiger partial charge < -0.3 is 19.9 Å². The minimum Gasteiger partial charge on any atom is -0.491 e. The van der Waals surface area contributed by atoms with Crippen molar-refractivity contribution in [3.8, 4) is 5.75 Å². The Bertz CT molecular complexity index is 709. The van der Waals surface area contributed by atoms with E-state index in [-0.39, 0.29) is 17.7 Å². The lowest BCUT2D eigenvalue weighted by Crippen LogP contribution is -2.50. The summed E-state index contributed by atoms with van der Waals surface area (Å²) >= 11 is 0. The fourth-order valence-electron chi connectivity index (χ4n) is 3.17. The summed E-state index contributed by atoms with van der Waals surface area (Å²) in [5.41, 5.74) is 1.04. The molecule has 1 fully saturated rings. The van der Waals surface area contributed by atoms with Crippen LogP contribution in [0.15, 0.2) is 18.2 Å². The molecule has 0 atom stereocenters. The van der Waals surface area contributed by atoms with Crippen LogP contribution < -0.4 is 10.1 Å². The summed E-state index contributed by atoms with van der Waals surface area (Å²) in [6, 6.07) is 5.10. The van der Waals surface area contributed by atoms with Gasteiger partial charge in [-0.05, 0) is 24.1 Å². The van der Waals surface area contributed by atoms with Crippen LogP contribution in [0.2, 0.25) is 0 Å². The number of carbonyl (C=O) groups is 3. The quantitative estimate of drug-likeness (QED) is 0.892. The highest BCUT2D eigenvalue weighted by atomic mass is 16.5. The topological polar surface area (TPSA) is 79.0 Å². The Hall–Kier alpha value is -2.57. The van der Waals surface area contributed by atoms with Crippen molar-refractivity contribution < 1.29 is 19.1 Å². The van der Waals surface area contributed by atoms with E-state index in [0.717, 1.165) is 0 Å². The molecule has 140 valence electrons. The van der Waals surface area contributed by atoms with Gasteiger partial charge in [-0.2, -0.15) is 0 Å². The molecule has 2 aliphatic rings. The summed E-state index contributed by atoms with van der Waals surface area (Å²) in [5, 5.41) is 2.77. The number of anilines is 1. The number of hydrogen-bond acceptors (Lipinski definition) is 4. The predicted octanol–water partition coefficient (Wildman–Crippen LogP) is 1.74. The normalized spacial score (nSPS) is 17.3. The molecule has 3 rings (SSSR count). The molecule has 0 aromatic heterocycles. The maximum absolute atomic E-state index is 12.8. The molecule has 0 spiro atoms. The van der Waals surface area contributed by atoms with Crippen LogP contribution in [0, 0.1) is 5.92 Å². The fourth-order valence-corrected chi connectivity index (χ4v) is 3.17. The van der Waals surface area contributed by atoms with E-state index < -0.39 is 0 Å². The SMILES string of the molecule is CC(C)CC(=O)N1CCN(C(=O)c2ccc3c(c2)NC(=O)CCO3)CC1. The van der Waals surface area contributed by atoms with Gasteiger partial charge in [0.05, 0.1) is 18.7 Å². The van der Waals surface area contributed by atoms with E-state index in [1.807, 2.05) is 18.7 Å². The molecular formula is C19H25N3O4. The number of carbonyl (C=O) groups excluding carboxylic acids is 3. The first-order valence-electron chi connectivity index (χ1n) is 9.08. The van der Waals surface area contributed by atoms with Crippen molar-refractivity contribution in [2.75, 3.05) is 38.1 Å². The molecule has 1 aromatic carbocycles. The van der Waals surface area contributed by atoms with Gasteiger partial charge in [0.25, 0.3) is 5.91 Å². The molecule has 0 saturated carbocycles. The van der Waals surface area contributed by atoms with Crippen molar-refractivity contribution in [2.24, 2.45) is 5.92 Å². The minimum atomic E-state index is -0.120. The van der Waals surface area contributed by atoms with Gasteiger partial charge in [0.15, 0.2) is 0 Å². The van der Waals surface area contributed by atoms with Gasteiger partial charge in [0.2, 0.25) is 11.8 Å². The predicted molar refractivity (Wildman–Crippen MR) is 97.1 cm³/mol. The molecule has 3 amide bonds. The Labute approximate surface area is 153 Å². The molecule has 0 aliphatic carbocycles. The summed E-state index contributed by atoms with van der Waals surface area (Å²) in [6.45, 7) is 6.53. The highest BCUT2D eigenvalue weighted by molar-refractivity contribution is 5.98. The lowest BCUT2D eigenvalue weighted by Gasteiger charge is -2.35. The molecule has 0 radical (unpaired) electrons. The number of benzene rings is 1. The van der Waals surface area contributed by atoms with Gasteiger partial charge in [-0.25, -0.2) is 0 Å². The van der Waals surface area contributed by atoms with Gasteiger partial charge in [-0.3, -0.25) is 14.4 Å². The van der Waals surface area contributed by atoms with Gasteiger partial charge in [0, 0.05) is 38.2 Å². The van der Waals surface area contributed by atoms with Crippen molar-refractivity contribution >= 4 is 23.4 Å². The second-order valence-corrected chi connectivity index (χ2v) is 7.13. The van der Waals surface area contributed by atoms with Crippen LogP contribution >= 0.6 is 0 Å². The van der Waals surface area contributed by atoms with Crippen LogP contribution in [0.3, 0.4) is 0 Å². The lowest BCUT2D eigenvalue weighted by molar-refractivity contribution is -0.133. The highest BCUT2D eigenvalue weighted by Crippen LogP contribution is 2.28. The second-order valence-electron chi connectivity index (χ2n) is 7.13. The fraction of sp³-hybridized carbons (Fsp3) is 0.526. The number of amides is 3. The van der Waals surface area contributed by atoms with E-state index in [1.54, 1.807) is 23.1 Å². The molecule has 2 heterocycles. The number of rotatable bonds is 3. The van der Waals surface area contributed by atoms with Gasteiger partial charge in [0.1, 0.15) is 5.75 Å². The van der Waals surface area contributed by atoms with Crippen LogP contribution in [0.25, 0.3) is 0 Å². The summed E-state index contributed by atoms with van der Waals surface area (Å²) in [4.78, 5) is 40.2. The van der Waals surface area contributed by atoms with Crippen molar-refractivity contribution in [1.29, 1.82) is 0 Å². The van der Waals surface area contributed by atoms with E-state index in [4.69, 9.17) is 4.74 Å². The van der Waals surface area contributed by atoms with E-state index >= 15 is 0 Å². The molecule has 1 saturated heterocycles. The Kier molecular flexibility index (Phi) is 5.44. The molecule has 0 unspecified atom stereocenters. The van der Waals surface area contributed by atoms with Crippen molar-refractivity contribution in [3.05, 3.63) is 23.8 Å². The van der Waals surface area contributed by atoms with Gasteiger partial charge >= 0.3 is 0 Å². The molecule has 26 heavy (non-hydrogen) atoms. The summed E-state index contributed by atoms with van der Waals surface area (Å²) in [7, 11) is 0. The van der Waals surface area contributed by atoms with Crippen LogP contribution in [-0.2, 0) is 9.59 Å². The van der Waals surface area contributed by atoms with E-state index in [0.29, 0.717) is 68.5 Å². The number of nitrogens with zero attached hydrogens (tertiary/aromatic N) is 2. The summed E-state index contributed by atoms with van der Waals surface area (Å²) < 4.78 is 5.52. The number of ether oxygens (including phenoxy) is 1. The lowest BCUT2D eigenvalue weighted by atomic mass is 10.1. The highest BCUT2D eigenvalue weighted by Gasteiger charge is 2.26. The smallest absolute Gasteiger partial charge is 0.254 e. The maximum Gasteiger partial charge on any atom is 0.254 e. The molecule has 1 N–H and O–H groups in total. The number of fused-ring (bicyclic) bond motifs is 1. The Morgan fingerprint density at radius 1 is 1.15 bits per heavy atom. The third-order valence-electron chi connectivity index (χ3n) is 4.59. The molecule has 2 aliphatic heterocycles. The molecular weight excluding hydrogens is 334 g/mol. The Morgan fingerprint density at radius 3 is 2.54 bits per heavy atom. The maximum atomic E-state index is 12.8. The summed E-state index contributed by atoms with van der Waals surface area (Å²) in [5.74, 6) is 0.848. The van der Waals surface area contributed by atoms with E-state index in [1.165, 1.54) is 0 Å². The van der Waals surface area contributed by atoms with Crippen LogP contribution in [0.1, 0.15) is 37.0 Å². The minimum absolute atomic E-state index is 0.0951. The van der Waals surface area contributed by atoms with Crippen LogP contribution in [-0.4, -0.2) is 60.3 Å². The van der Waals surface area contributed by atoms with Gasteiger partial charge in [-0.15, -0.1) is 0 Å². The summed E-state index contributed by atoms with van der Waals surface area (Å²) in [6.07, 6.45) is 0.836.